The molecule has 7 heteroatoms. The van der Waals surface area contributed by atoms with Crippen molar-refractivity contribution in [2.45, 2.75) is 24.2 Å². The highest BCUT2D eigenvalue weighted by Gasteiger charge is 2.22. The molecule has 0 aliphatic heterocycles. The summed E-state index contributed by atoms with van der Waals surface area (Å²) in [7, 11) is -3.55. The number of carboxylic acids is 1. The highest BCUT2D eigenvalue weighted by molar-refractivity contribution is 7.89. The lowest BCUT2D eigenvalue weighted by atomic mass is 10.0. The van der Waals surface area contributed by atoms with Crippen LogP contribution in [0.3, 0.4) is 0 Å². The maximum atomic E-state index is 12.2. The van der Waals surface area contributed by atoms with Crippen LogP contribution in [0.25, 0.3) is 0 Å². The monoisotopic (exact) mass is 378 g/mol. The van der Waals surface area contributed by atoms with Gasteiger partial charge in [0, 0.05) is 11.6 Å². The number of rotatable bonds is 6. The molecule has 1 atom stereocenters. The first-order chi connectivity index (χ1) is 11.8. The van der Waals surface area contributed by atoms with Crippen LogP contribution in [-0.2, 0) is 22.9 Å². The number of hydrogen-bond donors (Lipinski definition) is 1. The first-order valence-electron chi connectivity index (χ1n) is 7.93. The topological polar surface area (TPSA) is 86.3 Å². The van der Waals surface area contributed by atoms with E-state index in [0.717, 1.165) is 24.0 Å². The van der Waals surface area contributed by atoms with Crippen molar-refractivity contribution in [3.8, 4) is 0 Å². The van der Waals surface area contributed by atoms with Gasteiger partial charge in [-0.15, -0.1) is 0 Å². The van der Waals surface area contributed by atoms with Gasteiger partial charge in [0.1, 0.15) is 0 Å². The molecule has 0 aromatic heterocycles. The fraction of sp³-hybridized carbons (Fsp3) is 0.278. The molecule has 1 aliphatic rings. The van der Waals surface area contributed by atoms with E-state index in [1.807, 2.05) is 6.07 Å². The molecule has 0 saturated heterocycles. The SMILES string of the molecule is O=C([O-])c1ccc2c(c1)CC(CCNS(=O)(=O)c1ccc(Cl)cc1)C2. The summed E-state index contributed by atoms with van der Waals surface area (Å²) < 4.78 is 27.1. The summed E-state index contributed by atoms with van der Waals surface area (Å²) in [5.74, 6) is -0.887. The third kappa shape index (κ3) is 4.21. The Morgan fingerprint density at radius 3 is 2.48 bits per heavy atom. The number of aromatic carboxylic acids is 1. The lowest BCUT2D eigenvalue weighted by molar-refractivity contribution is -0.255. The van der Waals surface area contributed by atoms with Gasteiger partial charge in [-0.2, -0.15) is 0 Å². The Morgan fingerprint density at radius 1 is 1.12 bits per heavy atom. The van der Waals surface area contributed by atoms with Gasteiger partial charge >= 0.3 is 0 Å². The molecule has 3 rings (SSSR count). The molecule has 0 fully saturated rings. The minimum absolute atomic E-state index is 0.183. The Hall–Kier alpha value is -1.89. The van der Waals surface area contributed by atoms with Crippen molar-refractivity contribution in [2.24, 2.45) is 5.92 Å². The fourth-order valence-corrected chi connectivity index (χ4v) is 4.31. The van der Waals surface area contributed by atoms with Gasteiger partial charge in [0.2, 0.25) is 10.0 Å². The molecular weight excluding hydrogens is 362 g/mol. The van der Waals surface area contributed by atoms with Crippen LogP contribution in [-0.4, -0.2) is 20.9 Å². The average molecular weight is 379 g/mol. The van der Waals surface area contributed by atoms with Crippen molar-refractivity contribution < 1.29 is 18.3 Å². The molecule has 0 radical (unpaired) electrons. The van der Waals surface area contributed by atoms with Gasteiger partial charge < -0.3 is 9.90 Å². The summed E-state index contributed by atoms with van der Waals surface area (Å²) in [5.41, 5.74) is 2.31. The predicted octanol–water partition coefficient (Wildman–Crippen LogP) is 1.79. The molecule has 2 aromatic rings. The smallest absolute Gasteiger partial charge is 0.240 e. The Kier molecular flexibility index (Phi) is 5.13. The van der Waals surface area contributed by atoms with E-state index in [-0.39, 0.29) is 10.5 Å². The van der Waals surface area contributed by atoms with E-state index in [1.54, 1.807) is 24.3 Å². The molecule has 5 nitrogen and oxygen atoms in total. The van der Waals surface area contributed by atoms with Gasteiger partial charge in [-0.25, -0.2) is 13.1 Å². The number of carbonyl (C=O) groups excluding carboxylic acids is 1. The zero-order chi connectivity index (χ0) is 18.0. The Balaban J connectivity index is 1.56. The minimum Gasteiger partial charge on any atom is -0.545 e. The third-order valence-corrected chi connectivity index (χ3v) is 6.16. The summed E-state index contributed by atoms with van der Waals surface area (Å²) in [6, 6.07) is 11.0. The van der Waals surface area contributed by atoms with Crippen LogP contribution in [0.4, 0.5) is 0 Å². The van der Waals surface area contributed by atoms with E-state index in [0.29, 0.717) is 23.9 Å². The van der Waals surface area contributed by atoms with Crippen molar-refractivity contribution in [1.82, 2.24) is 4.72 Å². The molecular formula is C18H17ClNO4S-. The van der Waals surface area contributed by atoms with Crippen molar-refractivity contribution in [3.05, 3.63) is 64.2 Å². The normalized spacial score (nSPS) is 16.6. The zero-order valence-corrected chi connectivity index (χ0v) is 14.9. The highest BCUT2D eigenvalue weighted by atomic mass is 35.5. The van der Waals surface area contributed by atoms with Gasteiger partial charge in [0.15, 0.2) is 0 Å². The van der Waals surface area contributed by atoms with Crippen LogP contribution in [0.15, 0.2) is 47.4 Å². The molecule has 0 spiro atoms. The number of halogens is 1. The number of sulfonamides is 1. The highest BCUT2D eigenvalue weighted by Crippen LogP contribution is 2.29. The summed E-state index contributed by atoms with van der Waals surface area (Å²) >= 11 is 5.77. The van der Waals surface area contributed by atoms with Crippen LogP contribution in [0.5, 0.6) is 0 Å². The fourth-order valence-electron chi connectivity index (χ4n) is 3.13. The Labute approximate surface area is 151 Å². The lowest BCUT2D eigenvalue weighted by Gasteiger charge is -2.10. The zero-order valence-electron chi connectivity index (χ0n) is 13.4. The number of carboxylic acid groups (broad SMARTS) is 1. The van der Waals surface area contributed by atoms with Crippen molar-refractivity contribution in [2.75, 3.05) is 6.54 Å². The average Bonchev–Trinajstić information content (AvgIpc) is 2.96. The summed E-state index contributed by atoms with van der Waals surface area (Å²) in [5, 5.41) is 11.4. The Bertz CT molecular complexity index is 894. The van der Waals surface area contributed by atoms with Crippen LogP contribution < -0.4 is 9.83 Å². The van der Waals surface area contributed by atoms with E-state index in [2.05, 4.69) is 4.72 Å². The van der Waals surface area contributed by atoms with Crippen LogP contribution in [0.2, 0.25) is 5.02 Å². The number of benzene rings is 2. The van der Waals surface area contributed by atoms with Gasteiger partial charge in [0.25, 0.3) is 0 Å². The van der Waals surface area contributed by atoms with Crippen molar-refractivity contribution >= 4 is 27.6 Å². The number of fused-ring (bicyclic) bond motifs is 1. The minimum atomic E-state index is -3.55. The molecule has 1 unspecified atom stereocenters. The predicted molar refractivity (Wildman–Crippen MR) is 92.9 cm³/mol. The summed E-state index contributed by atoms with van der Waals surface area (Å²) in [6.07, 6.45) is 2.26. The van der Waals surface area contributed by atoms with Gasteiger partial charge in [0.05, 0.1) is 10.9 Å². The molecule has 132 valence electrons. The molecule has 2 aromatic carbocycles. The molecule has 1 aliphatic carbocycles. The summed E-state index contributed by atoms with van der Waals surface area (Å²) in [6.45, 7) is 0.330. The van der Waals surface area contributed by atoms with Gasteiger partial charge in [-0.3, -0.25) is 0 Å². The molecule has 0 heterocycles. The molecule has 1 N–H and O–H groups in total. The molecule has 0 saturated carbocycles. The molecule has 0 bridgehead atoms. The lowest BCUT2D eigenvalue weighted by Crippen LogP contribution is -2.26. The second-order valence-corrected chi connectivity index (χ2v) is 8.39. The second kappa shape index (κ2) is 7.15. The maximum absolute atomic E-state index is 12.2. The number of carbonyl (C=O) groups is 1. The second-order valence-electron chi connectivity index (χ2n) is 6.19. The van der Waals surface area contributed by atoms with Crippen molar-refractivity contribution in [3.63, 3.8) is 0 Å². The standard InChI is InChI=1S/C18H18ClNO4S/c19-16-3-5-17(6-4-16)25(23,24)20-8-7-12-9-13-1-2-14(18(21)22)11-15(13)10-12/h1-6,11-12,20H,7-10H2,(H,21,22)/p-1. The van der Waals surface area contributed by atoms with Crippen LogP contribution in [0, 0.1) is 5.92 Å². The van der Waals surface area contributed by atoms with Crippen LogP contribution in [0.1, 0.15) is 27.9 Å². The van der Waals surface area contributed by atoms with Gasteiger partial charge in [-0.1, -0.05) is 23.7 Å². The molecule has 25 heavy (non-hydrogen) atoms. The van der Waals surface area contributed by atoms with E-state index in [9.17, 15) is 18.3 Å². The number of nitrogens with one attached hydrogen (secondary N) is 1. The van der Waals surface area contributed by atoms with Crippen molar-refractivity contribution in [1.29, 1.82) is 0 Å². The largest absolute Gasteiger partial charge is 0.545 e. The van der Waals surface area contributed by atoms with Gasteiger partial charge in [-0.05, 0) is 72.2 Å². The first-order valence-corrected chi connectivity index (χ1v) is 9.79. The molecule has 0 amide bonds. The van der Waals surface area contributed by atoms with E-state index >= 15 is 0 Å². The summed E-state index contributed by atoms with van der Waals surface area (Å²) in [4.78, 5) is 11.1. The maximum Gasteiger partial charge on any atom is 0.240 e. The Morgan fingerprint density at radius 2 is 1.80 bits per heavy atom. The number of hydrogen-bond acceptors (Lipinski definition) is 4. The van der Waals surface area contributed by atoms with Crippen LogP contribution >= 0.6 is 11.6 Å². The van der Waals surface area contributed by atoms with E-state index in [1.165, 1.54) is 12.1 Å². The van der Waals surface area contributed by atoms with E-state index in [4.69, 9.17) is 11.6 Å². The van der Waals surface area contributed by atoms with E-state index < -0.39 is 16.0 Å². The quantitative estimate of drug-likeness (QED) is 0.830. The third-order valence-electron chi connectivity index (χ3n) is 4.43. The first kappa shape index (κ1) is 17.9.